The number of benzene rings is 5. The maximum Gasteiger partial charge on any atom is 0.0485 e. The Labute approximate surface area is 196 Å². The van der Waals surface area contributed by atoms with Crippen molar-refractivity contribution in [1.29, 1.82) is 0 Å². The first kappa shape index (κ1) is 20.6. The number of para-hydroxylation sites is 4. The van der Waals surface area contributed by atoms with E-state index in [1.54, 1.807) is 0 Å². The van der Waals surface area contributed by atoms with Gasteiger partial charge < -0.3 is 9.80 Å². The molecule has 5 rings (SSSR count). The summed E-state index contributed by atoms with van der Waals surface area (Å²) in [6.45, 7) is 2.16. The minimum atomic E-state index is 1.12. The fourth-order valence-electron chi connectivity index (χ4n) is 4.20. The highest BCUT2D eigenvalue weighted by Gasteiger charge is 2.17. The van der Waals surface area contributed by atoms with E-state index < -0.39 is 0 Å². The molecule has 0 atom stereocenters. The summed E-state index contributed by atoms with van der Waals surface area (Å²) in [7, 11) is 0. The molecule has 0 heterocycles. The fraction of sp³-hybridized carbons (Fsp3) is 0.0323. The quantitative estimate of drug-likeness (QED) is 0.267. The highest BCUT2D eigenvalue weighted by atomic mass is 15.2. The minimum absolute atomic E-state index is 1.12. The van der Waals surface area contributed by atoms with Gasteiger partial charge in [-0.15, -0.1) is 0 Å². The Bertz CT molecular complexity index is 1120. The number of nitrogens with zero attached hydrogens (tertiary/aromatic N) is 2. The lowest BCUT2D eigenvalue weighted by molar-refractivity contribution is 1.23. The number of hydrogen-bond acceptors (Lipinski definition) is 2. The molecule has 2 nitrogen and oxygen atoms in total. The van der Waals surface area contributed by atoms with Crippen molar-refractivity contribution in [3.8, 4) is 0 Å². The second-order valence-electron chi connectivity index (χ2n) is 8.04. The Morgan fingerprint density at radius 2 is 0.606 bits per heavy atom. The van der Waals surface area contributed by atoms with Crippen molar-refractivity contribution < 1.29 is 0 Å². The molecule has 0 N–H and O–H groups in total. The smallest absolute Gasteiger partial charge is 0.0485 e. The maximum atomic E-state index is 2.31. The van der Waals surface area contributed by atoms with Crippen molar-refractivity contribution >= 4 is 34.1 Å². The first-order chi connectivity index (χ1) is 16.3. The van der Waals surface area contributed by atoms with Gasteiger partial charge in [-0.3, -0.25) is 0 Å². The molecule has 5 aromatic carbocycles. The minimum Gasteiger partial charge on any atom is -0.310 e. The predicted octanol–water partition coefficient (Wildman–Crippen LogP) is 8.93. The lowest BCUT2D eigenvalue weighted by atomic mass is 10.1. The monoisotopic (exact) mass is 426 g/mol. The van der Waals surface area contributed by atoms with Crippen LogP contribution in [0.1, 0.15) is 5.56 Å². The summed E-state index contributed by atoms with van der Waals surface area (Å²) in [6, 6.07) is 48.9. The van der Waals surface area contributed by atoms with Crippen molar-refractivity contribution in [2.45, 2.75) is 6.92 Å². The van der Waals surface area contributed by atoms with Gasteiger partial charge >= 0.3 is 0 Å². The van der Waals surface area contributed by atoms with E-state index in [0.29, 0.717) is 0 Å². The number of hydrogen-bond donors (Lipinski definition) is 0. The van der Waals surface area contributed by atoms with E-state index in [0.717, 1.165) is 34.1 Å². The molecule has 160 valence electrons. The second-order valence-corrected chi connectivity index (χ2v) is 8.04. The van der Waals surface area contributed by atoms with Crippen LogP contribution >= 0.6 is 0 Å². The molecule has 2 heteroatoms. The Balaban J connectivity index is 1.69. The molecule has 0 fully saturated rings. The average Bonchev–Trinajstić information content (AvgIpc) is 2.87. The van der Waals surface area contributed by atoms with Gasteiger partial charge in [-0.05, 0) is 79.2 Å². The summed E-state index contributed by atoms with van der Waals surface area (Å²) < 4.78 is 0. The molecule has 0 spiro atoms. The Morgan fingerprint density at radius 3 is 0.879 bits per heavy atom. The molecule has 0 aliphatic heterocycles. The molecule has 0 aromatic heterocycles. The van der Waals surface area contributed by atoms with E-state index >= 15 is 0 Å². The van der Waals surface area contributed by atoms with Crippen LogP contribution in [0, 0.1) is 6.92 Å². The summed E-state index contributed by atoms with van der Waals surface area (Å²) in [5.74, 6) is 0. The molecule has 0 radical (unpaired) electrons. The van der Waals surface area contributed by atoms with Crippen LogP contribution in [0.5, 0.6) is 0 Å². The Morgan fingerprint density at radius 1 is 0.333 bits per heavy atom. The van der Waals surface area contributed by atoms with Crippen LogP contribution in [-0.4, -0.2) is 0 Å². The SMILES string of the molecule is Cc1cc(N(c2ccccc2)c2ccccc2)cc(N(c2ccccc2)c2ccccc2)c1. The van der Waals surface area contributed by atoms with Gasteiger partial charge in [0, 0.05) is 34.1 Å². The van der Waals surface area contributed by atoms with E-state index in [1.807, 2.05) is 0 Å². The molecule has 0 aliphatic carbocycles. The van der Waals surface area contributed by atoms with E-state index in [1.165, 1.54) is 5.56 Å². The summed E-state index contributed by atoms with van der Waals surface area (Å²) in [6.07, 6.45) is 0. The molecule has 0 saturated heterocycles. The zero-order valence-corrected chi connectivity index (χ0v) is 18.7. The zero-order valence-electron chi connectivity index (χ0n) is 18.7. The topological polar surface area (TPSA) is 6.48 Å². The maximum absolute atomic E-state index is 2.31. The standard InChI is InChI=1S/C31H26N2/c1-25-22-30(32(26-14-6-2-7-15-26)27-16-8-3-9-17-27)24-31(23-25)33(28-18-10-4-11-19-28)29-20-12-5-13-21-29/h2-24H,1H3. The van der Waals surface area contributed by atoms with E-state index in [4.69, 9.17) is 0 Å². The average molecular weight is 427 g/mol. The molecule has 0 amide bonds. The fourth-order valence-corrected chi connectivity index (χ4v) is 4.20. The molecular weight excluding hydrogens is 400 g/mol. The van der Waals surface area contributed by atoms with E-state index in [2.05, 4.69) is 156 Å². The van der Waals surface area contributed by atoms with Crippen LogP contribution in [-0.2, 0) is 0 Å². The van der Waals surface area contributed by atoms with E-state index in [-0.39, 0.29) is 0 Å². The molecule has 0 aliphatic rings. The van der Waals surface area contributed by atoms with Gasteiger partial charge in [-0.1, -0.05) is 72.8 Å². The van der Waals surface area contributed by atoms with Crippen LogP contribution in [0.2, 0.25) is 0 Å². The first-order valence-corrected chi connectivity index (χ1v) is 11.2. The third-order valence-corrected chi connectivity index (χ3v) is 5.62. The Kier molecular flexibility index (Phi) is 5.90. The third-order valence-electron chi connectivity index (χ3n) is 5.62. The van der Waals surface area contributed by atoms with Gasteiger partial charge in [0.05, 0.1) is 0 Å². The van der Waals surface area contributed by atoms with Crippen molar-refractivity contribution in [1.82, 2.24) is 0 Å². The van der Waals surface area contributed by atoms with Crippen molar-refractivity contribution in [3.63, 3.8) is 0 Å². The summed E-state index contributed by atoms with van der Waals surface area (Å²) in [5, 5.41) is 0. The zero-order chi connectivity index (χ0) is 22.5. The van der Waals surface area contributed by atoms with Crippen molar-refractivity contribution in [2.24, 2.45) is 0 Å². The number of rotatable bonds is 6. The largest absolute Gasteiger partial charge is 0.310 e. The van der Waals surface area contributed by atoms with Gasteiger partial charge in [-0.25, -0.2) is 0 Å². The molecule has 5 aromatic rings. The van der Waals surface area contributed by atoms with Gasteiger partial charge in [0.15, 0.2) is 0 Å². The molecule has 33 heavy (non-hydrogen) atoms. The molecule has 0 unspecified atom stereocenters. The normalized spacial score (nSPS) is 10.6. The lowest BCUT2D eigenvalue weighted by Crippen LogP contribution is -2.13. The van der Waals surface area contributed by atoms with Gasteiger partial charge in [0.2, 0.25) is 0 Å². The van der Waals surface area contributed by atoms with E-state index in [9.17, 15) is 0 Å². The van der Waals surface area contributed by atoms with Gasteiger partial charge in [-0.2, -0.15) is 0 Å². The number of aryl methyl sites for hydroxylation is 1. The van der Waals surface area contributed by atoms with Crippen molar-refractivity contribution in [2.75, 3.05) is 9.80 Å². The van der Waals surface area contributed by atoms with Gasteiger partial charge in [0.1, 0.15) is 0 Å². The third kappa shape index (κ3) is 4.51. The van der Waals surface area contributed by atoms with Crippen LogP contribution < -0.4 is 9.80 Å². The van der Waals surface area contributed by atoms with Crippen LogP contribution in [0.3, 0.4) is 0 Å². The summed E-state index contributed by atoms with van der Waals surface area (Å²) >= 11 is 0. The Hall–Kier alpha value is -4.30. The predicted molar refractivity (Wildman–Crippen MR) is 141 cm³/mol. The molecule has 0 saturated carbocycles. The summed E-state index contributed by atoms with van der Waals surface area (Å²) in [4.78, 5) is 4.62. The van der Waals surface area contributed by atoms with Crippen LogP contribution in [0.25, 0.3) is 0 Å². The molecular formula is C31H26N2. The molecule has 0 bridgehead atoms. The van der Waals surface area contributed by atoms with Crippen molar-refractivity contribution in [3.05, 3.63) is 145 Å². The second kappa shape index (κ2) is 9.46. The van der Waals surface area contributed by atoms with Crippen LogP contribution in [0.4, 0.5) is 34.1 Å². The van der Waals surface area contributed by atoms with Crippen LogP contribution in [0.15, 0.2) is 140 Å². The lowest BCUT2D eigenvalue weighted by Gasteiger charge is -2.30. The van der Waals surface area contributed by atoms with Gasteiger partial charge in [0.25, 0.3) is 0 Å². The summed E-state index contributed by atoms with van der Waals surface area (Å²) in [5.41, 5.74) is 7.98. The highest BCUT2D eigenvalue weighted by Crippen LogP contribution is 2.40. The first-order valence-electron chi connectivity index (χ1n) is 11.2. The number of anilines is 6. The highest BCUT2D eigenvalue weighted by molar-refractivity contribution is 5.83.